The Labute approximate surface area is 106 Å². The van der Waals surface area contributed by atoms with Gasteiger partial charge in [-0.1, -0.05) is 0 Å². The number of carbonyl (C=O) groups is 1. The van der Waals surface area contributed by atoms with Crippen LogP contribution in [0.3, 0.4) is 0 Å². The van der Waals surface area contributed by atoms with Crippen molar-refractivity contribution in [3.63, 3.8) is 0 Å². The normalized spacial score (nSPS) is 11.6. The molecule has 0 saturated heterocycles. The van der Waals surface area contributed by atoms with E-state index in [2.05, 4.69) is 40.0 Å². The fraction of sp³-hybridized carbons (Fsp3) is 0.462. The van der Waals surface area contributed by atoms with Crippen molar-refractivity contribution in [3.8, 4) is 0 Å². The van der Waals surface area contributed by atoms with Crippen molar-refractivity contribution in [1.82, 2.24) is 0 Å². The van der Waals surface area contributed by atoms with Gasteiger partial charge in [-0.3, -0.25) is 0 Å². The molecule has 0 atom stereocenters. The molecule has 0 amide bonds. The summed E-state index contributed by atoms with van der Waals surface area (Å²) in [4.78, 5) is 11.3. The second kappa shape index (κ2) is 5.27. The summed E-state index contributed by atoms with van der Waals surface area (Å²) in [5.74, 6) is -0.267. The number of rotatable bonds is 3. The van der Waals surface area contributed by atoms with Gasteiger partial charge in [0.05, 0.1) is 0 Å². The standard InChI is InChI=1S/C11H13O2.2CH3.Bi/c1-8(2)9-4-6-10(7-5-9)11(12)13-3;;;/h4-7H,1-3H3;2*1H3;. The molecule has 3 heteroatoms. The monoisotopic (exact) mass is 416 g/mol. The number of methoxy groups -OCH3 is 1. The molecule has 16 heavy (non-hydrogen) atoms. The maximum absolute atomic E-state index is 11.3. The number of ether oxygens (including phenoxy) is 1. The predicted molar refractivity (Wildman–Crippen MR) is 68.3 cm³/mol. The van der Waals surface area contributed by atoms with E-state index >= 15 is 0 Å². The van der Waals surface area contributed by atoms with Gasteiger partial charge in [-0.15, -0.1) is 0 Å². The molecular formula is C13H19BiO2. The molecule has 0 heterocycles. The van der Waals surface area contributed by atoms with Gasteiger partial charge >= 0.3 is 106 Å². The predicted octanol–water partition coefficient (Wildman–Crippen LogP) is 3.04. The third-order valence-electron chi connectivity index (χ3n) is 3.13. The number of carbonyl (C=O) groups excluding carboxylic acids is 1. The van der Waals surface area contributed by atoms with Gasteiger partial charge in [0.15, 0.2) is 0 Å². The molecular weight excluding hydrogens is 397 g/mol. The molecule has 0 spiro atoms. The summed E-state index contributed by atoms with van der Waals surface area (Å²) in [6.07, 6.45) is 0. The number of hydrogen-bond acceptors (Lipinski definition) is 2. The summed E-state index contributed by atoms with van der Waals surface area (Å²) in [7, 11) is 1.41. The van der Waals surface area contributed by atoms with Crippen LogP contribution in [0.4, 0.5) is 0 Å². The van der Waals surface area contributed by atoms with Crippen LogP contribution in [0.5, 0.6) is 0 Å². The van der Waals surface area contributed by atoms with E-state index in [1.807, 2.05) is 12.1 Å². The molecule has 88 valence electrons. The van der Waals surface area contributed by atoms with Gasteiger partial charge in [-0.25, -0.2) is 0 Å². The Morgan fingerprint density at radius 3 is 2.06 bits per heavy atom. The van der Waals surface area contributed by atoms with Crippen molar-refractivity contribution < 1.29 is 9.53 Å². The van der Waals surface area contributed by atoms with Gasteiger partial charge in [-0.2, -0.15) is 0 Å². The van der Waals surface area contributed by atoms with Crippen LogP contribution < -0.4 is 0 Å². The molecule has 1 aromatic rings. The molecule has 0 radical (unpaired) electrons. The molecule has 2 nitrogen and oxygen atoms in total. The zero-order valence-corrected chi connectivity index (χ0v) is 14.1. The van der Waals surface area contributed by atoms with E-state index < -0.39 is 21.8 Å². The summed E-state index contributed by atoms with van der Waals surface area (Å²) < 4.78 is 9.82. The summed E-state index contributed by atoms with van der Waals surface area (Å²) in [6, 6.07) is 7.83. The zero-order valence-electron chi connectivity index (χ0n) is 10.6. The minimum absolute atomic E-state index is 0.267. The van der Waals surface area contributed by atoms with Crippen molar-refractivity contribution in [2.45, 2.75) is 26.2 Å². The van der Waals surface area contributed by atoms with Gasteiger partial charge in [0.2, 0.25) is 0 Å². The fourth-order valence-corrected chi connectivity index (χ4v) is 3.98. The van der Waals surface area contributed by atoms with Crippen LogP contribution in [-0.2, 0) is 7.86 Å². The van der Waals surface area contributed by atoms with E-state index in [1.54, 1.807) is 0 Å². The zero-order chi connectivity index (χ0) is 12.3. The topological polar surface area (TPSA) is 26.3 Å². The SMILES string of the molecule is COC(=O)c1ccc([C](C)(C)[Bi]([CH3])[CH3])cc1. The molecule has 0 aliphatic rings. The average molecular weight is 416 g/mol. The fourth-order valence-electron chi connectivity index (χ4n) is 1.39. The molecule has 0 fully saturated rings. The Hall–Kier alpha value is -0.427. The third-order valence-corrected chi connectivity index (χ3v) is 12.8. The summed E-state index contributed by atoms with van der Waals surface area (Å²) in [5, 5.41) is 0. The molecule has 0 aliphatic carbocycles. The number of hydrogen-bond donors (Lipinski definition) is 0. The quantitative estimate of drug-likeness (QED) is 0.560. The first-order valence-electron chi connectivity index (χ1n) is 5.26. The van der Waals surface area contributed by atoms with E-state index in [0.29, 0.717) is 8.69 Å². The van der Waals surface area contributed by atoms with Crippen molar-refractivity contribution in [3.05, 3.63) is 35.4 Å². The average Bonchev–Trinajstić information content (AvgIpc) is 2.28. The van der Waals surface area contributed by atoms with Gasteiger partial charge in [0.25, 0.3) is 0 Å². The third kappa shape index (κ3) is 2.82. The molecule has 0 aromatic heterocycles. The second-order valence-electron chi connectivity index (χ2n) is 4.52. The van der Waals surface area contributed by atoms with Crippen molar-refractivity contribution in [2.24, 2.45) is 0 Å². The second-order valence-corrected chi connectivity index (χ2v) is 15.8. The Bertz CT molecular complexity index is 366. The van der Waals surface area contributed by atoms with Crippen LogP contribution in [0.1, 0.15) is 29.8 Å². The Morgan fingerprint density at radius 1 is 1.19 bits per heavy atom. The van der Waals surface area contributed by atoms with Crippen LogP contribution in [0.25, 0.3) is 0 Å². The van der Waals surface area contributed by atoms with Crippen molar-refractivity contribution >= 4 is 27.7 Å². The first-order chi connectivity index (χ1) is 7.39. The van der Waals surface area contributed by atoms with Crippen molar-refractivity contribution in [2.75, 3.05) is 7.11 Å². The Kier molecular flexibility index (Phi) is 4.49. The van der Waals surface area contributed by atoms with Crippen LogP contribution in [-0.4, -0.2) is 34.8 Å². The van der Waals surface area contributed by atoms with E-state index in [4.69, 9.17) is 0 Å². The maximum atomic E-state index is 11.3. The first kappa shape index (κ1) is 13.6. The Balaban J connectivity index is 2.99. The van der Waals surface area contributed by atoms with Crippen LogP contribution in [0.15, 0.2) is 24.3 Å². The van der Waals surface area contributed by atoms with Crippen LogP contribution in [0, 0.1) is 0 Å². The van der Waals surface area contributed by atoms with E-state index in [9.17, 15) is 4.79 Å². The van der Waals surface area contributed by atoms with Crippen LogP contribution in [0.2, 0.25) is 9.26 Å². The molecule has 1 rings (SSSR count). The van der Waals surface area contributed by atoms with Gasteiger partial charge in [0, 0.05) is 0 Å². The van der Waals surface area contributed by atoms with E-state index in [0.717, 1.165) is 0 Å². The van der Waals surface area contributed by atoms with E-state index in [1.165, 1.54) is 12.7 Å². The molecule has 0 unspecified atom stereocenters. The number of esters is 1. The first-order valence-corrected chi connectivity index (χ1v) is 13.9. The van der Waals surface area contributed by atoms with Gasteiger partial charge < -0.3 is 0 Å². The minimum atomic E-state index is -1.39. The summed E-state index contributed by atoms with van der Waals surface area (Å²) in [5.41, 5.74) is 1.96. The summed E-state index contributed by atoms with van der Waals surface area (Å²) in [6.45, 7) is 4.61. The van der Waals surface area contributed by atoms with E-state index in [-0.39, 0.29) is 5.97 Å². The van der Waals surface area contributed by atoms with Crippen molar-refractivity contribution in [1.29, 1.82) is 0 Å². The van der Waals surface area contributed by atoms with Crippen LogP contribution >= 0.6 is 0 Å². The molecule has 1 aromatic carbocycles. The summed E-state index contributed by atoms with van der Waals surface area (Å²) >= 11 is -1.39. The van der Waals surface area contributed by atoms with Gasteiger partial charge in [0.1, 0.15) is 0 Å². The number of benzene rings is 1. The molecule has 0 aliphatic heterocycles. The Morgan fingerprint density at radius 2 is 1.69 bits per heavy atom. The van der Waals surface area contributed by atoms with Gasteiger partial charge in [-0.05, 0) is 0 Å². The molecule has 0 bridgehead atoms. The molecule has 0 N–H and O–H groups in total. The molecule has 0 saturated carbocycles.